The van der Waals surface area contributed by atoms with E-state index in [4.69, 9.17) is 5.73 Å². The molecule has 0 spiro atoms. The summed E-state index contributed by atoms with van der Waals surface area (Å²) >= 11 is 0. The van der Waals surface area contributed by atoms with Gasteiger partial charge in [0.15, 0.2) is 0 Å². The van der Waals surface area contributed by atoms with Crippen LogP contribution in [0, 0.1) is 0 Å². The first-order valence-corrected chi connectivity index (χ1v) is 7.64. The number of hydrogen-bond donors (Lipinski definition) is 2. The van der Waals surface area contributed by atoms with Crippen molar-refractivity contribution >= 4 is 0 Å². The van der Waals surface area contributed by atoms with E-state index in [0.717, 1.165) is 18.9 Å². The summed E-state index contributed by atoms with van der Waals surface area (Å²) in [6, 6.07) is 5.63. The van der Waals surface area contributed by atoms with Crippen LogP contribution in [0.25, 0.3) is 0 Å². The van der Waals surface area contributed by atoms with Gasteiger partial charge < -0.3 is 11.1 Å². The molecule has 21 heavy (non-hydrogen) atoms. The fourth-order valence-corrected chi connectivity index (χ4v) is 2.96. The van der Waals surface area contributed by atoms with E-state index in [1.807, 2.05) is 0 Å². The minimum Gasteiger partial charge on any atom is -0.329 e. The maximum absolute atomic E-state index is 12.8. The molecule has 2 nitrogen and oxygen atoms in total. The molecular formula is C16H23F3N2. The molecule has 118 valence electrons. The molecule has 5 heteroatoms. The van der Waals surface area contributed by atoms with Crippen LogP contribution in [0.3, 0.4) is 0 Å². The third-order valence-corrected chi connectivity index (χ3v) is 4.14. The average Bonchev–Trinajstić information content (AvgIpc) is 2.72. The molecule has 1 aromatic rings. The van der Waals surface area contributed by atoms with Gasteiger partial charge in [-0.15, -0.1) is 0 Å². The van der Waals surface area contributed by atoms with Crippen LogP contribution in [0.1, 0.15) is 55.7 Å². The minimum atomic E-state index is -4.31. The number of rotatable bonds is 4. The Morgan fingerprint density at radius 1 is 1.14 bits per heavy atom. The van der Waals surface area contributed by atoms with Gasteiger partial charge in [0.1, 0.15) is 0 Å². The van der Waals surface area contributed by atoms with Crippen molar-refractivity contribution in [3.8, 4) is 0 Å². The van der Waals surface area contributed by atoms with Gasteiger partial charge in [0.05, 0.1) is 5.56 Å². The Labute approximate surface area is 123 Å². The summed E-state index contributed by atoms with van der Waals surface area (Å²) in [5.41, 5.74) is 5.79. The zero-order valence-corrected chi connectivity index (χ0v) is 12.1. The largest absolute Gasteiger partial charge is 0.416 e. The highest BCUT2D eigenvalue weighted by molar-refractivity contribution is 5.28. The Balaban J connectivity index is 2.09. The van der Waals surface area contributed by atoms with Gasteiger partial charge in [0.25, 0.3) is 0 Å². The lowest BCUT2D eigenvalue weighted by atomic mass is 10.0. The lowest BCUT2D eigenvalue weighted by Crippen LogP contribution is -2.36. The van der Waals surface area contributed by atoms with E-state index in [2.05, 4.69) is 5.32 Å². The molecule has 0 aliphatic heterocycles. The Morgan fingerprint density at radius 3 is 2.38 bits per heavy atom. The van der Waals surface area contributed by atoms with E-state index in [-0.39, 0.29) is 6.04 Å². The van der Waals surface area contributed by atoms with Crippen molar-refractivity contribution in [3.05, 3.63) is 35.4 Å². The highest BCUT2D eigenvalue weighted by Gasteiger charge is 2.31. The van der Waals surface area contributed by atoms with E-state index < -0.39 is 11.7 Å². The highest BCUT2D eigenvalue weighted by atomic mass is 19.4. The van der Waals surface area contributed by atoms with E-state index >= 15 is 0 Å². The summed E-state index contributed by atoms with van der Waals surface area (Å²) in [5, 5.41) is 3.45. The van der Waals surface area contributed by atoms with Gasteiger partial charge >= 0.3 is 6.18 Å². The molecule has 0 aromatic heterocycles. The van der Waals surface area contributed by atoms with Crippen LogP contribution in [0.5, 0.6) is 0 Å². The summed E-state index contributed by atoms with van der Waals surface area (Å²) in [6.07, 6.45) is 2.70. The van der Waals surface area contributed by atoms with Crippen molar-refractivity contribution in [1.29, 1.82) is 0 Å². The van der Waals surface area contributed by atoms with Gasteiger partial charge in [-0.2, -0.15) is 13.2 Å². The van der Waals surface area contributed by atoms with Gasteiger partial charge in [-0.25, -0.2) is 0 Å². The third-order valence-electron chi connectivity index (χ3n) is 4.14. The maximum Gasteiger partial charge on any atom is 0.416 e. The zero-order valence-electron chi connectivity index (χ0n) is 12.1. The fourth-order valence-electron chi connectivity index (χ4n) is 2.96. The molecular weight excluding hydrogens is 277 g/mol. The first kappa shape index (κ1) is 16.3. The molecule has 1 aliphatic rings. The molecule has 1 aliphatic carbocycles. The SMILES string of the molecule is NCC(NC1CCCCCC1)c1cccc(C(F)(F)F)c1. The first-order valence-electron chi connectivity index (χ1n) is 7.64. The molecule has 0 bridgehead atoms. The van der Waals surface area contributed by atoms with E-state index in [0.29, 0.717) is 18.2 Å². The lowest BCUT2D eigenvalue weighted by molar-refractivity contribution is -0.137. The predicted molar refractivity (Wildman–Crippen MR) is 77.9 cm³/mol. The average molecular weight is 300 g/mol. The van der Waals surface area contributed by atoms with E-state index in [1.54, 1.807) is 6.07 Å². The fraction of sp³-hybridized carbons (Fsp3) is 0.625. The molecule has 1 fully saturated rings. The van der Waals surface area contributed by atoms with E-state index in [9.17, 15) is 13.2 Å². The molecule has 0 heterocycles. The van der Waals surface area contributed by atoms with Crippen LogP contribution in [0.2, 0.25) is 0 Å². The van der Waals surface area contributed by atoms with Crippen molar-refractivity contribution in [1.82, 2.24) is 5.32 Å². The van der Waals surface area contributed by atoms with Crippen LogP contribution in [-0.2, 0) is 6.18 Å². The van der Waals surface area contributed by atoms with Crippen molar-refractivity contribution < 1.29 is 13.2 Å². The topological polar surface area (TPSA) is 38.0 Å². The Morgan fingerprint density at radius 2 is 1.81 bits per heavy atom. The molecule has 1 atom stereocenters. The number of halogens is 3. The number of hydrogen-bond acceptors (Lipinski definition) is 2. The quantitative estimate of drug-likeness (QED) is 0.824. The maximum atomic E-state index is 12.8. The summed E-state index contributed by atoms with van der Waals surface area (Å²) in [5.74, 6) is 0. The summed E-state index contributed by atoms with van der Waals surface area (Å²) < 4.78 is 38.4. The van der Waals surface area contributed by atoms with Gasteiger partial charge in [0.2, 0.25) is 0 Å². The molecule has 1 saturated carbocycles. The molecule has 0 radical (unpaired) electrons. The number of nitrogens with two attached hydrogens (primary N) is 1. The Bertz CT molecular complexity index is 437. The van der Waals surface area contributed by atoms with Gasteiger partial charge in [-0.3, -0.25) is 0 Å². The molecule has 3 N–H and O–H groups in total. The van der Waals surface area contributed by atoms with E-state index in [1.165, 1.54) is 37.8 Å². The van der Waals surface area contributed by atoms with Gasteiger partial charge in [0, 0.05) is 18.6 Å². The number of nitrogens with one attached hydrogen (secondary N) is 1. The lowest BCUT2D eigenvalue weighted by Gasteiger charge is -2.25. The number of benzene rings is 1. The first-order chi connectivity index (χ1) is 10.0. The smallest absolute Gasteiger partial charge is 0.329 e. The normalized spacial score (nSPS) is 19.2. The summed E-state index contributed by atoms with van der Waals surface area (Å²) in [7, 11) is 0. The summed E-state index contributed by atoms with van der Waals surface area (Å²) in [6.45, 7) is 0.303. The highest BCUT2D eigenvalue weighted by Crippen LogP contribution is 2.31. The van der Waals surface area contributed by atoms with Crippen molar-refractivity contribution in [2.75, 3.05) is 6.54 Å². The zero-order chi connectivity index (χ0) is 15.3. The van der Waals surface area contributed by atoms with Crippen LogP contribution in [0.4, 0.5) is 13.2 Å². The van der Waals surface area contributed by atoms with Crippen LogP contribution in [0.15, 0.2) is 24.3 Å². The molecule has 1 unspecified atom stereocenters. The molecule has 2 rings (SSSR count). The van der Waals surface area contributed by atoms with Crippen molar-refractivity contribution in [2.24, 2.45) is 5.73 Å². The predicted octanol–water partition coefficient (Wildman–Crippen LogP) is 4.02. The second kappa shape index (κ2) is 7.27. The number of alkyl halides is 3. The minimum absolute atomic E-state index is 0.213. The molecule has 0 amide bonds. The van der Waals surface area contributed by atoms with Crippen molar-refractivity contribution in [3.63, 3.8) is 0 Å². The monoisotopic (exact) mass is 300 g/mol. The Kier molecular flexibility index (Phi) is 5.65. The molecule has 0 saturated heterocycles. The summed E-state index contributed by atoms with van der Waals surface area (Å²) in [4.78, 5) is 0. The van der Waals surface area contributed by atoms with Gasteiger partial charge in [-0.1, -0.05) is 37.8 Å². The molecule has 1 aromatic carbocycles. The van der Waals surface area contributed by atoms with Crippen LogP contribution < -0.4 is 11.1 Å². The van der Waals surface area contributed by atoms with Crippen LogP contribution in [-0.4, -0.2) is 12.6 Å². The second-order valence-corrected chi connectivity index (χ2v) is 5.77. The van der Waals surface area contributed by atoms with Crippen molar-refractivity contribution in [2.45, 2.75) is 56.8 Å². The van der Waals surface area contributed by atoms with Gasteiger partial charge in [-0.05, 0) is 30.5 Å². The Hall–Kier alpha value is -1.07. The van der Waals surface area contributed by atoms with Crippen LogP contribution >= 0.6 is 0 Å². The second-order valence-electron chi connectivity index (χ2n) is 5.77. The third kappa shape index (κ3) is 4.71. The standard InChI is InChI=1S/C16H23F3N2/c17-16(18,19)13-7-5-6-12(10-13)15(11-20)21-14-8-3-1-2-4-9-14/h5-7,10,14-15,21H,1-4,8-9,11,20H2.